The summed E-state index contributed by atoms with van der Waals surface area (Å²) in [5.41, 5.74) is -0.698. The first-order valence-corrected chi connectivity index (χ1v) is 6.43. The maximum atomic E-state index is 12.3. The first-order chi connectivity index (χ1) is 8.54. The van der Waals surface area contributed by atoms with Crippen LogP contribution in [0.25, 0.3) is 0 Å². The number of ketones is 1. The highest BCUT2D eigenvalue weighted by atomic mass is 16.6. The molecule has 4 atom stereocenters. The van der Waals surface area contributed by atoms with E-state index in [9.17, 15) is 14.4 Å². The monoisotopic (exact) mass is 252 g/mol. The maximum Gasteiger partial charge on any atom is 0.313 e. The molecular weight excluding hydrogens is 236 g/mol. The van der Waals surface area contributed by atoms with Crippen LogP contribution in [0.5, 0.6) is 0 Å². The van der Waals surface area contributed by atoms with Crippen molar-refractivity contribution in [1.82, 2.24) is 0 Å². The summed E-state index contributed by atoms with van der Waals surface area (Å²) >= 11 is 0. The average Bonchev–Trinajstić information content (AvgIpc) is 2.51. The summed E-state index contributed by atoms with van der Waals surface area (Å²) in [5.74, 6) is -0.739. The molecule has 3 fully saturated rings. The first kappa shape index (κ1) is 11.7. The van der Waals surface area contributed by atoms with Crippen molar-refractivity contribution in [3.05, 3.63) is 0 Å². The number of esters is 2. The molecule has 2 aliphatic carbocycles. The predicted octanol–water partition coefficient (Wildman–Crippen LogP) is 0.850. The van der Waals surface area contributed by atoms with Crippen LogP contribution < -0.4 is 0 Å². The SMILES string of the molecule is C[C@@H]1CC(=O)OC[C@H]2C[C@@H]3C(=O)CC[C@]23C(=O)O1. The summed E-state index contributed by atoms with van der Waals surface area (Å²) in [6, 6.07) is 0. The Morgan fingerprint density at radius 1 is 1.28 bits per heavy atom. The second kappa shape index (κ2) is 3.80. The van der Waals surface area contributed by atoms with Gasteiger partial charge in [-0.05, 0) is 19.8 Å². The molecule has 1 saturated heterocycles. The Morgan fingerprint density at radius 3 is 2.78 bits per heavy atom. The Hall–Kier alpha value is -1.39. The Bertz CT molecular complexity index is 429. The molecule has 98 valence electrons. The van der Waals surface area contributed by atoms with Crippen molar-refractivity contribution in [1.29, 1.82) is 0 Å². The van der Waals surface area contributed by atoms with Crippen LogP contribution in [-0.4, -0.2) is 30.4 Å². The van der Waals surface area contributed by atoms with Gasteiger partial charge in [0.2, 0.25) is 0 Å². The number of carbonyl (C=O) groups is 3. The molecule has 0 unspecified atom stereocenters. The summed E-state index contributed by atoms with van der Waals surface area (Å²) in [4.78, 5) is 35.5. The molecule has 0 radical (unpaired) electrons. The second-order valence-corrected chi connectivity index (χ2v) is 5.59. The van der Waals surface area contributed by atoms with Crippen molar-refractivity contribution in [3.63, 3.8) is 0 Å². The highest BCUT2D eigenvalue weighted by molar-refractivity contribution is 5.95. The highest BCUT2D eigenvalue weighted by Gasteiger charge is 2.67. The fraction of sp³-hybridized carbons (Fsp3) is 0.769. The van der Waals surface area contributed by atoms with Crippen LogP contribution in [0.2, 0.25) is 0 Å². The van der Waals surface area contributed by atoms with Gasteiger partial charge in [0, 0.05) is 18.3 Å². The van der Waals surface area contributed by atoms with E-state index in [0.29, 0.717) is 19.3 Å². The summed E-state index contributed by atoms with van der Waals surface area (Å²) in [5, 5.41) is 0. The minimum atomic E-state index is -0.698. The van der Waals surface area contributed by atoms with E-state index in [1.165, 1.54) is 0 Å². The number of cyclic esters (lactones) is 2. The second-order valence-electron chi connectivity index (χ2n) is 5.59. The van der Waals surface area contributed by atoms with E-state index in [1.54, 1.807) is 6.92 Å². The van der Waals surface area contributed by atoms with E-state index in [1.807, 2.05) is 0 Å². The number of rotatable bonds is 0. The molecule has 0 bridgehead atoms. The summed E-state index contributed by atoms with van der Waals surface area (Å²) < 4.78 is 10.5. The number of Topliss-reactive ketones (excluding diaryl/α,β-unsaturated/α-hetero) is 1. The Morgan fingerprint density at radius 2 is 2.06 bits per heavy atom. The quantitative estimate of drug-likeness (QED) is 0.598. The zero-order chi connectivity index (χ0) is 12.9. The summed E-state index contributed by atoms with van der Waals surface area (Å²) in [6.07, 6.45) is 1.25. The molecule has 3 aliphatic rings. The maximum absolute atomic E-state index is 12.3. The van der Waals surface area contributed by atoms with Gasteiger partial charge in [0.05, 0.1) is 18.4 Å². The third-order valence-electron chi connectivity index (χ3n) is 4.63. The molecule has 0 aromatic heterocycles. The molecule has 0 aromatic rings. The summed E-state index contributed by atoms with van der Waals surface area (Å²) in [7, 11) is 0. The molecule has 5 nitrogen and oxygen atoms in total. The Kier molecular flexibility index (Phi) is 2.47. The molecule has 0 amide bonds. The van der Waals surface area contributed by atoms with E-state index in [2.05, 4.69) is 0 Å². The van der Waals surface area contributed by atoms with Gasteiger partial charge in [-0.25, -0.2) is 0 Å². The van der Waals surface area contributed by atoms with E-state index < -0.39 is 11.5 Å². The largest absolute Gasteiger partial charge is 0.465 e. The lowest BCUT2D eigenvalue weighted by Gasteiger charge is -2.48. The molecular formula is C13H16O5. The van der Waals surface area contributed by atoms with E-state index >= 15 is 0 Å². The van der Waals surface area contributed by atoms with Gasteiger partial charge in [0.25, 0.3) is 0 Å². The minimum Gasteiger partial charge on any atom is -0.465 e. The van der Waals surface area contributed by atoms with E-state index in [0.717, 1.165) is 0 Å². The van der Waals surface area contributed by atoms with Gasteiger partial charge in [-0.3, -0.25) is 14.4 Å². The van der Waals surface area contributed by atoms with Gasteiger partial charge in [-0.2, -0.15) is 0 Å². The van der Waals surface area contributed by atoms with Crippen molar-refractivity contribution < 1.29 is 23.9 Å². The number of carbonyl (C=O) groups excluding carboxylic acids is 3. The minimum absolute atomic E-state index is 0.0456. The molecule has 3 rings (SSSR count). The van der Waals surface area contributed by atoms with Crippen LogP contribution in [0.3, 0.4) is 0 Å². The molecule has 1 aliphatic heterocycles. The van der Waals surface area contributed by atoms with Crippen LogP contribution >= 0.6 is 0 Å². The first-order valence-electron chi connectivity index (χ1n) is 6.43. The fourth-order valence-corrected chi connectivity index (χ4v) is 3.58. The molecule has 18 heavy (non-hydrogen) atoms. The predicted molar refractivity (Wildman–Crippen MR) is 59.4 cm³/mol. The van der Waals surface area contributed by atoms with Gasteiger partial charge in [-0.1, -0.05) is 0 Å². The van der Waals surface area contributed by atoms with Crippen molar-refractivity contribution in [2.45, 2.75) is 38.7 Å². The topological polar surface area (TPSA) is 69.7 Å². The standard InChI is InChI=1S/C13H16O5/c1-7-4-11(15)17-6-8-5-9-10(14)2-3-13(8,9)12(16)18-7/h7-9H,2-6H2,1H3/t7-,8-,9-,13+/m1/s1. The molecule has 0 aromatic carbocycles. The molecule has 5 heteroatoms. The smallest absolute Gasteiger partial charge is 0.313 e. The van der Waals surface area contributed by atoms with Crippen molar-refractivity contribution >= 4 is 17.7 Å². The van der Waals surface area contributed by atoms with Crippen LogP contribution in [0.4, 0.5) is 0 Å². The van der Waals surface area contributed by atoms with Crippen molar-refractivity contribution in [3.8, 4) is 0 Å². The zero-order valence-corrected chi connectivity index (χ0v) is 10.3. The highest BCUT2D eigenvalue weighted by Crippen LogP contribution is 2.60. The summed E-state index contributed by atoms with van der Waals surface area (Å²) in [6.45, 7) is 1.92. The number of ether oxygens (including phenoxy) is 2. The third kappa shape index (κ3) is 1.42. The third-order valence-corrected chi connectivity index (χ3v) is 4.63. The zero-order valence-electron chi connectivity index (χ0n) is 10.3. The van der Waals surface area contributed by atoms with Gasteiger partial charge >= 0.3 is 11.9 Å². The molecule has 0 N–H and O–H groups in total. The van der Waals surface area contributed by atoms with Crippen LogP contribution in [-0.2, 0) is 23.9 Å². The van der Waals surface area contributed by atoms with Gasteiger partial charge in [0.15, 0.2) is 0 Å². The van der Waals surface area contributed by atoms with E-state index in [4.69, 9.17) is 9.47 Å². The molecule has 2 saturated carbocycles. The van der Waals surface area contributed by atoms with Gasteiger partial charge in [-0.15, -0.1) is 0 Å². The van der Waals surface area contributed by atoms with Gasteiger partial charge < -0.3 is 9.47 Å². The lowest BCUT2D eigenvalue weighted by atomic mass is 9.54. The van der Waals surface area contributed by atoms with Crippen molar-refractivity contribution in [2.75, 3.05) is 6.61 Å². The van der Waals surface area contributed by atoms with E-state index in [-0.39, 0.29) is 42.6 Å². The average molecular weight is 252 g/mol. The lowest BCUT2D eigenvalue weighted by molar-refractivity contribution is -0.182. The van der Waals surface area contributed by atoms with Crippen molar-refractivity contribution in [2.24, 2.45) is 17.3 Å². The fourth-order valence-electron chi connectivity index (χ4n) is 3.58. The van der Waals surface area contributed by atoms with Crippen LogP contribution in [0, 0.1) is 17.3 Å². The Balaban J connectivity index is 1.90. The molecule has 1 heterocycles. The normalized spacial score (nSPS) is 43.6. The van der Waals surface area contributed by atoms with Gasteiger partial charge in [0.1, 0.15) is 11.9 Å². The Labute approximate surface area is 105 Å². The number of hydrogen-bond donors (Lipinski definition) is 0. The molecule has 1 spiro atoms. The van der Waals surface area contributed by atoms with Crippen LogP contribution in [0.15, 0.2) is 0 Å². The van der Waals surface area contributed by atoms with Crippen LogP contribution in [0.1, 0.15) is 32.6 Å². The lowest BCUT2D eigenvalue weighted by Crippen LogP contribution is -2.55. The number of hydrogen-bond acceptors (Lipinski definition) is 5.